The molecule has 1 rings (SSSR count). The average molecular weight is 332 g/mol. The van der Waals surface area contributed by atoms with Gasteiger partial charge in [-0.1, -0.05) is 32.6 Å². The number of halogens is 2. The standard InChI is InChI=1S/C19H22F2N2O/c1-7-14(11(2)3)17(23-22-6)10-12(4)15-8-9-16(13(5)24)19(21)18(15)20/h7-11H,1H2,2-6H3/b12-10+,17-14-,23-22?. The summed E-state index contributed by atoms with van der Waals surface area (Å²) in [7, 11) is 1.53. The fourth-order valence-corrected chi connectivity index (χ4v) is 2.32. The molecule has 1 aromatic carbocycles. The van der Waals surface area contributed by atoms with E-state index in [-0.39, 0.29) is 17.0 Å². The number of carbonyl (C=O) groups is 1. The number of hydrogen-bond acceptors (Lipinski definition) is 3. The molecule has 1 aromatic rings. The first-order chi connectivity index (χ1) is 11.2. The van der Waals surface area contributed by atoms with Gasteiger partial charge in [0, 0.05) is 12.6 Å². The lowest BCUT2D eigenvalue weighted by Crippen LogP contribution is -2.03. The molecule has 0 aliphatic heterocycles. The molecule has 0 N–H and O–H groups in total. The van der Waals surface area contributed by atoms with E-state index in [4.69, 9.17) is 0 Å². The molecule has 0 bridgehead atoms. The molecule has 0 radical (unpaired) electrons. The summed E-state index contributed by atoms with van der Waals surface area (Å²) in [5, 5.41) is 7.84. The lowest BCUT2D eigenvalue weighted by atomic mass is 9.97. The maximum absolute atomic E-state index is 14.3. The monoisotopic (exact) mass is 332 g/mol. The van der Waals surface area contributed by atoms with Crippen LogP contribution >= 0.6 is 0 Å². The summed E-state index contributed by atoms with van der Waals surface area (Å²) in [4.78, 5) is 11.3. The molecule has 3 nitrogen and oxygen atoms in total. The van der Waals surface area contributed by atoms with Crippen molar-refractivity contribution in [1.82, 2.24) is 0 Å². The predicted octanol–water partition coefficient (Wildman–Crippen LogP) is 5.75. The van der Waals surface area contributed by atoms with Crippen LogP contribution < -0.4 is 0 Å². The van der Waals surface area contributed by atoms with Crippen molar-refractivity contribution in [2.75, 3.05) is 7.05 Å². The van der Waals surface area contributed by atoms with E-state index < -0.39 is 17.4 Å². The smallest absolute Gasteiger partial charge is 0.170 e. The number of carbonyl (C=O) groups excluding carboxylic acids is 1. The molecule has 0 amide bonds. The summed E-state index contributed by atoms with van der Waals surface area (Å²) in [6.45, 7) is 10.6. The summed E-state index contributed by atoms with van der Waals surface area (Å²) in [5.41, 5.74) is 1.68. The van der Waals surface area contributed by atoms with Gasteiger partial charge in [0.15, 0.2) is 17.4 Å². The van der Waals surface area contributed by atoms with Crippen molar-refractivity contribution in [2.45, 2.75) is 27.7 Å². The zero-order valence-electron chi connectivity index (χ0n) is 14.7. The van der Waals surface area contributed by atoms with E-state index >= 15 is 0 Å². The van der Waals surface area contributed by atoms with Crippen LogP contribution in [0.1, 0.15) is 43.6 Å². The van der Waals surface area contributed by atoms with Crippen LogP contribution in [0.5, 0.6) is 0 Å². The Labute approximate surface area is 141 Å². The van der Waals surface area contributed by atoms with E-state index in [0.717, 1.165) is 5.57 Å². The molecular weight excluding hydrogens is 310 g/mol. The highest BCUT2D eigenvalue weighted by molar-refractivity contribution is 5.94. The quantitative estimate of drug-likeness (QED) is 0.371. The van der Waals surface area contributed by atoms with Gasteiger partial charge in [-0.2, -0.15) is 10.2 Å². The topological polar surface area (TPSA) is 41.8 Å². The molecule has 0 saturated carbocycles. The summed E-state index contributed by atoms with van der Waals surface area (Å²) in [5.74, 6) is -2.56. The van der Waals surface area contributed by atoms with Gasteiger partial charge >= 0.3 is 0 Å². The second kappa shape index (κ2) is 8.43. The molecule has 0 heterocycles. The maximum Gasteiger partial charge on any atom is 0.170 e. The van der Waals surface area contributed by atoms with Gasteiger partial charge in [-0.25, -0.2) is 8.78 Å². The fraction of sp³-hybridized carbons (Fsp3) is 0.316. The number of ketones is 1. The van der Waals surface area contributed by atoms with Gasteiger partial charge in [0.2, 0.25) is 0 Å². The number of nitrogens with zero attached hydrogens (tertiary/aromatic N) is 2. The molecule has 0 spiro atoms. The van der Waals surface area contributed by atoms with Crippen molar-refractivity contribution in [3.8, 4) is 0 Å². The van der Waals surface area contributed by atoms with Crippen LogP contribution in [0.2, 0.25) is 0 Å². The third-order valence-corrected chi connectivity index (χ3v) is 3.59. The van der Waals surface area contributed by atoms with E-state index in [0.29, 0.717) is 11.3 Å². The minimum atomic E-state index is -1.14. The van der Waals surface area contributed by atoms with Crippen LogP contribution in [0.15, 0.2) is 52.4 Å². The lowest BCUT2D eigenvalue weighted by molar-refractivity contribution is 0.101. The molecule has 0 aromatic heterocycles. The SMILES string of the molecule is C=C/C(=C(\C=C(/C)c1ccc(C(C)=O)c(F)c1F)N=NC)C(C)C. The van der Waals surface area contributed by atoms with Crippen LogP contribution in [0.4, 0.5) is 8.78 Å². The lowest BCUT2D eigenvalue weighted by Gasteiger charge is -2.11. The molecule has 0 aliphatic rings. The normalized spacial score (nSPS) is 13.4. The minimum absolute atomic E-state index is 0.0773. The first-order valence-electron chi connectivity index (χ1n) is 7.58. The predicted molar refractivity (Wildman–Crippen MR) is 92.9 cm³/mol. The van der Waals surface area contributed by atoms with Crippen LogP contribution in [-0.4, -0.2) is 12.8 Å². The zero-order valence-corrected chi connectivity index (χ0v) is 14.7. The Kier molecular flexibility index (Phi) is 6.89. The van der Waals surface area contributed by atoms with E-state index in [1.165, 1.54) is 26.1 Å². The summed E-state index contributed by atoms with van der Waals surface area (Å²) in [6.07, 6.45) is 3.31. The van der Waals surface area contributed by atoms with Crippen molar-refractivity contribution in [3.63, 3.8) is 0 Å². The third kappa shape index (κ3) is 4.31. The molecule has 5 heteroatoms. The Hall–Kier alpha value is -2.43. The third-order valence-electron chi connectivity index (χ3n) is 3.59. The van der Waals surface area contributed by atoms with Crippen LogP contribution in [0, 0.1) is 17.6 Å². The highest BCUT2D eigenvalue weighted by Crippen LogP contribution is 2.26. The Morgan fingerprint density at radius 1 is 1.17 bits per heavy atom. The molecule has 0 saturated heterocycles. The van der Waals surface area contributed by atoms with E-state index in [1.54, 1.807) is 19.1 Å². The second-order valence-corrected chi connectivity index (χ2v) is 5.67. The largest absolute Gasteiger partial charge is 0.294 e. The molecule has 128 valence electrons. The Morgan fingerprint density at radius 2 is 1.71 bits per heavy atom. The van der Waals surface area contributed by atoms with Gasteiger partial charge in [0.25, 0.3) is 0 Å². The van der Waals surface area contributed by atoms with Gasteiger partial charge in [-0.15, -0.1) is 0 Å². The highest BCUT2D eigenvalue weighted by atomic mass is 19.2. The van der Waals surface area contributed by atoms with E-state index in [2.05, 4.69) is 16.8 Å². The molecule has 0 fully saturated rings. The van der Waals surface area contributed by atoms with Crippen molar-refractivity contribution >= 4 is 11.4 Å². The molecule has 0 aliphatic carbocycles. The number of allylic oxidation sites excluding steroid dienone is 4. The van der Waals surface area contributed by atoms with E-state index in [9.17, 15) is 13.6 Å². The van der Waals surface area contributed by atoms with Gasteiger partial charge in [-0.3, -0.25) is 4.79 Å². The van der Waals surface area contributed by atoms with Crippen LogP contribution in [0.25, 0.3) is 5.57 Å². The van der Waals surface area contributed by atoms with Gasteiger partial charge in [0.1, 0.15) is 0 Å². The number of azo groups is 1. The number of benzene rings is 1. The first kappa shape index (κ1) is 19.6. The summed E-state index contributed by atoms with van der Waals surface area (Å²) < 4.78 is 28.3. The van der Waals surface area contributed by atoms with Gasteiger partial charge in [0.05, 0.1) is 11.3 Å². The van der Waals surface area contributed by atoms with Crippen molar-refractivity contribution < 1.29 is 13.6 Å². The second-order valence-electron chi connectivity index (χ2n) is 5.67. The zero-order chi connectivity index (χ0) is 18.4. The highest BCUT2D eigenvalue weighted by Gasteiger charge is 2.17. The van der Waals surface area contributed by atoms with Crippen molar-refractivity contribution in [3.05, 3.63) is 64.9 Å². The van der Waals surface area contributed by atoms with Crippen molar-refractivity contribution in [1.29, 1.82) is 0 Å². The number of rotatable bonds is 6. The maximum atomic E-state index is 14.3. The van der Waals surface area contributed by atoms with Crippen molar-refractivity contribution in [2.24, 2.45) is 16.1 Å². The number of Topliss-reactive ketones (excluding diaryl/α,β-unsaturated/α-hetero) is 1. The molecule has 0 unspecified atom stereocenters. The van der Waals surface area contributed by atoms with Crippen LogP contribution in [-0.2, 0) is 0 Å². The molecule has 24 heavy (non-hydrogen) atoms. The van der Waals surface area contributed by atoms with Crippen LogP contribution in [0.3, 0.4) is 0 Å². The Bertz CT molecular complexity index is 744. The minimum Gasteiger partial charge on any atom is -0.294 e. The summed E-state index contributed by atoms with van der Waals surface area (Å²) in [6, 6.07) is 2.68. The van der Waals surface area contributed by atoms with Gasteiger partial charge in [-0.05, 0) is 43.1 Å². The van der Waals surface area contributed by atoms with Gasteiger partial charge < -0.3 is 0 Å². The van der Waals surface area contributed by atoms with E-state index in [1.807, 2.05) is 13.8 Å². The first-order valence-corrected chi connectivity index (χ1v) is 7.58. The molecular formula is C19H22F2N2O. The summed E-state index contributed by atoms with van der Waals surface area (Å²) >= 11 is 0. The molecule has 0 atom stereocenters. The fourth-order valence-electron chi connectivity index (χ4n) is 2.32. The average Bonchev–Trinajstić information content (AvgIpc) is 2.49. The Morgan fingerprint density at radius 3 is 2.17 bits per heavy atom. The Balaban J connectivity index is 3.51. The number of hydrogen-bond donors (Lipinski definition) is 0.